The van der Waals surface area contributed by atoms with Crippen LogP contribution in [0.4, 0.5) is 5.82 Å². The molecule has 0 aliphatic rings. The number of nitrogen functional groups attached to an aromatic ring is 1. The van der Waals surface area contributed by atoms with E-state index in [2.05, 4.69) is 46.0 Å². The van der Waals surface area contributed by atoms with Gasteiger partial charge in [0.05, 0.1) is 0 Å². The zero-order chi connectivity index (χ0) is 13.1. The lowest BCUT2D eigenvalue weighted by molar-refractivity contribution is 0.646. The van der Waals surface area contributed by atoms with E-state index >= 15 is 0 Å². The van der Waals surface area contributed by atoms with Crippen LogP contribution in [0, 0.1) is 0 Å². The summed E-state index contributed by atoms with van der Waals surface area (Å²) in [7, 11) is 0. The summed E-state index contributed by atoms with van der Waals surface area (Å²) in [5, 5.41) is 7.26. The van der Waals surface area contributed by atoms with E-state index in [1.165, 1.54) is 0 Å². The van der Waals surface area contributed by atoms with Crippen molar-refractivity contribution in [2.45, 2.75) is 32.6 Å². The van der Waals surface area contributed by atoms with Crippen LogP contribution < -0.4 is 5.73 Å². The monoisotopic (exact) mass is 307 g/mol. The maximum absolute atomic E-state index is 6.01. The van der Waals surface area contributed by atoms with Crippen molar-refractivity contribution in [1.82, 2.24) is 10.2 Å². The average Bonchev–Trinajstić information content (AvgIpc) is 2.72. The van der Waals surface area contributed by atoms with Crippen molar-refractivity contribution in [2.75, 3.05) is 5.73 Å². The maximum atomic E-state index is 6.01. The lowest BCUT2D eigenvalue weighted by atomic mass is 9.95. The van der Waals surface area contributed by atoms with Crippen molar-refractivity contribution in [3.63, 3.8) is 0 Å². The standard InChI is InChI=1S/C14H18BrN3/c1-3-6-9(2)13-12(14(16)18-17-13)10-7-4-5-8-11(10)15/h4-5,7-9H,3,6H2,1-2H3,(H3,16,17,18). The van der Waals surface area contributed by atoms with E-state index in [0.717, 1.165) is 34.1 Å². The molecule has 1 atom stereocenters. The maximum Gasteiger partial charge on any atom is 0.153 e. The molecule has 0 spiro atoms. The number of aromatic nitrogens is 2. The Hall–Kier alpha value is -1.29. The van der Waals surface area contributed by atoms with Gasteiger partial charge in [-0.2, -0.15) is 5.10 Å². The molecule has 1 aromatic carbocycles. The van der Waals surface area contributed by atoms with Crippen LogP contribution in [0.25, 0.3) is 11.1 Å². The Morgan fingerprint density at radius 2 is 2.11 bits per heavy atom. The molecule has 0 aliphatic heterocycles. The highest BCUT2D eigenvalue weighted by Crippen LogP contribution is 2.37. The van der Waals surface area contributed by atoms with E-state index in [9.17, 15) is 0 Å². The summed E-state index contributed by atoms with van der Waals surface area (Å²) in [5.74, 6) is 1.00. The lowest BCUT2D eigenvalue weighted by Crippen LogP contribution is -1.97. The molecule has 1 unspecified atom stereocenters. The SMILES string of the molecule is CCCC(C)c1[nH]nc(N)c1-c1ccccc1Br. The Morgan fingerprint density at radius 3 is 2.78 bits per heavy atom. The number of hydrogen-bond donors (Lipinski definition) is 2. The van der Waals surface area contributed by atoms with Gasteiger partial charge in [0, 0.05) is 21.3 Å². The molecule has 96 valence electrons. The van der Waals surface area contributed by atoms with E-state index in [1.54, 1.807) is 0 Å². The molecule has 2 aromatic rings. The summed E-state index contributed by atoms with van der Waals surface area (Å²) >= 11 is 3.58. The zero-order valence-electron chi connectivity index (χ0n) is 10.7. The molecular weight excluding hydrogens is 290 g/mol. The fourth-order valence-corrected chi connectivity index (χ4v) is 2.73. The fraction of sp³-hybridized carbons (Fsp3) is 0.357. The van der Waals surface area contributed by atoms with Gasteiger partial charge in [-0.05, 0) is 18.4 Å². The van der Waals surface area contributed by atoms with Gasteiger partial charge in [-0.15, -0.1) is 0 Å². The van der Waals surface area contributed by atoms with Gasteiger partial charge in [0.2, 0.25) is 0 Å². The van der Waals surface area contributed by atoms with Crippen LogP contribution in [0.3, 0.4) is 0 Å². The summed E-state index contributed by atoms with van der Waals surface area (Å²) in [5.41, 5.74) is 9.27. The highest BCUT2D eigenvalue weighted by molar-refractivity contribution is 9.10. The van der Waals surface area contributed by atoms with Crippen molar-refractivity contribution < 1.29 is 0 Å². The first kappa shape index (κ1) is 13.1. The molecule has 3 nitrogen and oxygen atoms in total. The van der Waals surface area contributed by atoms with E-state index in [0.29, 0.717) is 11.7 Å². The molecule has 0 aliphatic carbocycles. The molecule has 1 aromatic heterocycles. The number of hydrogen-bond acceptors (Lipinski definition) is 2. The number of anilines is 1. The Bertz CT molecular complexity index is 534. The zero-order valence-corrected chi connectivity index (χ0v) is 12.3. The first-order chi connectivity index (χ1) is 8.65. The molecule has 0 saturated heterocycles. The van der Waals surface area contributed by atoms with Crippen LogP contribution in [-0.2, 0) is 0 Å². The molecule has 0 saturated carbocycles. The largest absolute Gasteiger partial charge is 0.382 e. The number of nitrogens with zero attached hydrogens (tertiary/aromatic N) is 1. The second-order valence-corrected chi connectivity index (χ2v) is 5.42. The molecular formula is C14H18BrN3. The minimum atomic E-state index is 0.432. The first-order valence-corrected chi connectivity index (χ1v) is 7.03. The Balaban J connectivity index is 2.51. The number of benzene rings is 1. The van der Waals surface area contributed by atoms with E-state index in [-0.39, 0.29) is 0 Å². The smallest absolute Gasteiger partial charge is 0.153 e. The van der Waals surface area contributed by atoms with Gasteiger partial charge in [-0.25, -0.2) is 0 Å². The van der Waals surface area contributed by atoms with Gasteiger partial charge >= 0.3 is 0 Å². The Kier molecular flexibility index (Phi) is 4.07. The van der Waals surface area contributed by atoms with E-state index in [4.69, 9.17) is 5.73 Å². The van der Waals surface area contributed by atoms with Gasteiger partial charge in [-0.1, -0.05) is 54.4 Å². The average molecular weight is 308 g/mol. The molecule has 4 heteroatoms. The predicted octanol–water partition coefficient (Wildman–Crippen LogP) is 4.33. The van der Waals surface area contributed by atoms with Gasteiger partial charge in [-0.3, -0.25) is 5.10 Å². The molecule has 0 radical (unpaired) electrons. The molecule has 0 bridgehead atoms. The van der Waals surface area contributed by atoms with Gasteiger partial charge < -0.3 is 5.73 Å². The molecule has 1 heterocycles. The molecule has 0 amide bonds. The normalized spacial score (nSPS) is 12.6. The quantitative estimate of drug-likeness (QED) is 0.883. The summed E-state index contributed by atoms with van der Waals surface area (Å²) in [6.07, 6.45) is 2.27. The number of nitrogens with two attached hydrogens (primary N) is 1. The van der Waals surface area contributed by atoms with Crippen LogP contribution in [-0.4, -0.2) is 10.2 Å². The number of halogens is 1. The van der Waals surface area contributed by atoms with Crippen LogP contribution in [0.2, 0.25) is 0 Å². The number of H-pyrrole nitrogens is 1. The van der Waals surface area contributed by atoms with Crippen molar-refractivity contribution in [1.29, 1.82) is 0 Å². The Morgan fingerprint density at radius 1 is 1.39 bits per heavy atom. The third kappa shape index (κ3) is 2.43. The van der Waals surface area contributed by atoms with Gasteiger partial charge in [0.1, 0.15) is 0 Å². The van der Waals surface area contributed by atoms with Crippen LogP contribution in [0.1, 0.15) is 38.3 Å². The second kappa shape index (κ2) is 5.57. The predicted molar refractivity (Wildman–Crippen MR) is 79.5 cm³/mol. The highest BCUT2D eigenvalue weighted by atomic mass is 79.9. The third-order valence-corrected chi connectivity index (χ3v) is 3.87. The fourth-order valence-electron chi connectivity index (χ4n) is 2.25. The van der Waals surface area contributed by atoms with Crippen LogP contribution in [0.15, 0.2) is 28.7 Å². The summed E-state index contributed by atoms with van der Waals surface area (Å²) in [4.78, 5) is 0. The summed E-state index contributed by atoms with van der Waals surface area (Å²) in [6, 6.07) is 8.10. The number of rotatable bonds is 4. The van der Waals surface area contributed by atoms with Crippen molar-refractivity contribution in [3.05, 3.63) is 34.4 Å². The summed E-state index contributed by atoms with van der Waals surface area (Å²) in [6.45, 7) is 4.39. The third-order valence-electron chi connectivity index (χ3n) is 3.18. The number of aromatic amines is 1. The second-order valence-electron chi connectivity index (χ2n) is 4.57. The van der Waals surface area contributed by atoms with Crippen molar-refractivity contribution >= 4 is 21.7 Å². The summed E-state index contributed by atoms with van der Waals surface area (Å²) < 4.78 is 1.04. The molecule has 2 rings (SSSR count). The molecule has 3 N–H and O–H groups in total. The van der Waals surface area contributed by atoms with Gasteiger partial charge in [0.15, 0.2) is 5.82 Å². The topological polar surface area (TPSA) is 54.7 Å². The van der Waals surface area contributed by atoms with Crippen LogP contribution >= 0.6 is 15.9 Å². The van der Waals surface area contributed by atoms with Crippen molar-refractivity contribution in [2.24, 2.45) is 0 Å². The highest BCUT2D eigenvalue weighted by Gasteiger charge is 2.19. The number of nitrogens with one attached hydrogen (secondary N) is 1. The molecule has 18 heavy (non-hydrogen) atoms. The van der Waals surface area contributed by atoms with Gasteiger partial charge in [0.25, 0.3) is 0 Å². The van der Waals surface area contributed by atoms with Crippen molar-refractivity contribution in [3.8, 4) is 11.1 Å². The Labute approximate surface area is 116 Å². The lowest BCUT2D eigenvalue weighted by Gasteiger charge is -2.12. The molecule has 0 fully saturated rings. The van der Waals surface area contributed by atoms with E-state index in [1.807, 2.05) is 18.2 Å². The van der Waals surface area contributed by atoms with E-state index < -0.39 is 0 Å². The van der Waals surface area contributed by atoms with Crippen LogP contribution in [0.5, 0.6) is 0 Å². The first-order valence-electron chi connectivity index (χ1n) is 6.23. The minimum absolute atomic E-state index is 0.432. The minimum Gasteiger partial charge on any atom is -0.382 e.